The van der Waals surface area contributed by atoms with Crippen LogP contribution in [0.25, 0.3) is 22.8 Å². The highest BCUT2D eigenvalue weighted by Crippen LogP contribution is 2.31. The van der Waals surface area contributed by atoms with E-state index in [1.54, 1.807) is 43.5 Å². The van der Waals surface area contributed by atoms with Gasteiger partial charge in [0, 0.05) is 13.7 Å². The van der Waals surface area contributed by atoms with Crippen molar-refractivity contribution in [2.45, 2.75) is 6.54 Å². The summed E-state index contributed by atoms with van der Waals surface area (Å²) in [7, 11) is 1.55. The second-order valence-corrected chi connectivity index (χ2v) is 5.79. The number of nitrogens with one attached hydrogen (secondary N) is 1. The van der Waals surface area contributed by atoms with Gasteiger partial charge in [-0.3, -0.25) is 4.79 Å². The largest absolute Gasteiger partial charge is 0.507 e. The number of aromatic nitrogens is 3. The number of phenols is 2. The molecule has 0 spiro atoms. The molecule has 0 saturated heterocycles. The van der Waals surface area contributed by atoms with E-state index in [0.717, 1.165) is 0 Å². The van der Waals surface area contributed by atoms with Crippen LogP contribution in [-0.4, -0.2) is 51.1 Å². The summed E-state index contributed by atoms with van der Waals surface area (Å²) < 4.78 is 6.32. The van der Waals surface area contributed by atoms with E-state index in [0.29, 0.717) is 30.1 Å². The zero-order chi connectivity index (χ0) is 19.2. The summed E-state index contributed by atoms with van der Waals surface area (Å²) in [6.07, 6.45) is 0. The van der Waals surface area contributed by atoms with Crippen LogP contribution in [0.2, 0.25) is 0 Å². The predicted octanol–water partition coefficient (Wildman–Crippen LogP) is 1.79. The van der Waals surface area contributed by atoms with Crippen molar-refractivity contribution >= 4 is 5.91 Å². The average Bonchev–Trinajstić information content (AvgIpc) is 3.06. The second-order valence-electron chi connectivity index (χ2n) is 5.79. The lowest BCUT2D eigenvalue weighted by molar-refractivity contribution is -0.122. The van der Waals surface area contributed by atoms with Crippen LogP contribution in [0.5, 0.6) is 11.5 Å². The number of nitrogens with zero attached hydrogens (tertiary/aromatic N) is 3. The maximum atomic E-state index is 12.2. The maximum Gasteiger partial charge on any atom is 0.241 e. The molecule has 3 N–H and O–H groups in total. The molecular formula is C19H20N4O4. The summed E-state index contributed by atoms with van der Waals surface area (Å²) in [4.78, 5) is 16.7. The minimum absolute atomic E-state index is 0.0229. The van der Waals surface area contributed by atoms with Crippen molar-refractivity contribution < 1.29 is 19.7 Å². The molecule has 1 aromatic heterocycles. The van der Waals surface area contributed by atoms with Crippen LogP contribution < -0.4 is 5.32 Å². The van der Waals surface area contributed by atoms with E-state index in [9.17, 15) is 15.0 Å². The Bertz CT molecular complexity index is 939. The Balaban J connectivity index is 1.99. The quantitative estimate of drug-likeness (QED) is 0.549. The molecule has 0 bridgehead atoms. The fraction of sp³-hybridized carbons (Fsp3) is 0.211. The normalized spacial score (nSPS) is 10.7. The number of rotatable bonds is 7. The first-order chi connectivity index (χ1) is 13.1. The monoisotopic (exact) mass is 368 g/mol. The van der Waals surface area contributed by atoms with E-state index >= 15 is 0 Å². The molecular weight excluding hydrogens is 348 g/mol. The lowest BCUT2D eigenvalue weighted by Gasteiger charge is -2.08. The number of methoxy groups -OCH3 is 1. The van der Waals surface area contributed by atoms with Crippen LogP contribution in [0.15, 0.2) is 48.5 Å². The van der Waals surface area contributed by atoms with E-state index in [4.69, 9.17) is 4.74 Å². The van der Waals surface area contributed by atoms with Gasteiger partial charge in [0.15, 0.2) is 11.6 Å². The van der Waals surface area contributed by atoms with Crippen molar-refractivity contribution in [2.75, 3.05) is 20.3 Å². The van der Waals surface area contributed by atoms with Crippen LogP contribution in [-0.2, 0) is 16.1 Å². The number of aromatic hydroxyl groups is 2. The van der Waals surface area contributed by atoms with Crippen molar-refractivity contribution in [3.05, 3.63) is 48.5 Å². The Morgan fingerprint density at radius 2 is 1.70 bits per heavy atom. The summed E-state index contributed by atoms with van der Waals surface area (Å²) in [6, 6.07) is 13.3. The highest BCUT2D eigenvalue weighted by molar-refractivity contribution is 5.77. The van der Waals surface area contributed by atoms with Crippen LogP contribution in [0.4, 0.5) is 0 Å². The Kier molecular flexibility index (Phi) is 5.68. The van der Waals surface area contributed by atoms with Crippen molar-refractivity contribution in [3.63, 3.8) is 0 Å². The number of para-hydroxylation sites is 2. The van der Waals surface area contributed by atoms with Gasteiger partial charge >= 0.3 is 0 Å². The summed E-state index contributed by atoms with van der Waals surface area (Å²) >= 11 is 0. The van der Waals surface area contributed by atoms with Gasteiger partial charge in [0.1, 0.15) is 18.0 Å². The Labute approximate surface area is 156 Å². The number of benzene rings is 2. The van der Waals surface area contributed by atoms with Gasteiger partial charge in [-0.25, -0.2) is 9.67 Å². The molecule has 1 amide bonds. The number of ether oxygens (including phenoxy) is 1. The first kappa shape index (κ1) is 18.4. The third-order valence-corrected chi connectivity index (χ3v) is 3.88. The van der Waals surface area contributed by atoms with Crippen LogP contribution in [0.3, 0.4) is 0 Å². The summed E-state index contributed by atoms with van der Waals surface area (Å²) in [5, 5.41) is 27.4. The molecule has 27 heavy (non-hydrogen) atoms. The average molecular weight is 368 g/mol. The molecule has 1 heterocycles. The van der Waals surface area contributed by atoms with Crippen LogP contribution >= 0.6 is 0 Å². The molecule has 0 radical (unpaired) electrons. The predicted molar refractivity (Wildman–Crippen MR) is 99.1 cm³/mol. The number of carbonyl (C=O) groups is 1. The van der Waals surface area contributed by atoms with Gasteiger partial charge in [0.05, 0.1) is 17.7 Å². The topological polar surface area (TPSA) is 110 Å². The first-order valence-electron chi connectivity index (χ1n) is 8.37. The Morgan fingerprint density at radius 3 is 2.33 bits per heavy atom. The summed E-state index contributed by atoms with van der Waals surface area (Å²) in [5.41, 5.74) is 0.879. The molecule has 0 saturated carbocycles. The number of hydrogen-bond donors (Lipinski definition) is 3. The maximum absolute atomic E-state index is 12.2. The van der Waals surface area contributed by atoms with Crippen molar-refractivity contribution in [2.24, 2.45) is 0 Å². The minimum atomic E-state index is -0.266. The van der Waals surface area contributed by atoms with Gasteiger partial charge in [-0.1, -0.05) is 24.3 Å². The molecule has 0 aliphatic rings. The molecule has 0 unspecified atom stereocenters. The highest BCUT2D eigenvalue weighted by Gasteiger charge is 2.19. The molecule has 0 fully saturated rings. The molecule has 8 nitrogen and oxygen atoms in total. The molecule has 0 atom stereocenters. The van der Waals surface area contributed by atoms with Gasteiger partial charge in [0.25, 0.3) is 0 Å². The van der Waals surface area contributed by atoms with Crippen molar-refractivity contribution in [3.8, 4) is 34.3 Å². The molecule has 3 rings (SSSR count). The molecule has 140 valence electrons. The fourth-order valence-electron chi connectivity index (χ4n) is 2.58. The lowest BCUT2D eigenvalue weighted by atomic mass is 10.2. The van der Waals surface area contributed by atoms with Gasteiger partial charge < -0.3 is 20.3 Å². The SMILES string of the molecule is COCCNC(=O)Cn1nc(-c2ccccc2O)nc1-c1ccccc1O. The molecule has 0 aliphatic carbocycles. The number of phenolic OH excluding ortho intramolecular Hbond substituents is 2. The van der Waals surface area contributed by atoms with Gasteiger partial charge in [0.2, 0.25) is 5.91 Å². The summed E-state index contributed by atoms with van der Waals surface area (Å²) in [6.45, 7) is 0.689. The standard InChI is InChI=1S/C19H20N4O4/c1-27-11-10-20-17(26)12-23-19(14-7-3-5-9-16(14)25)21-18(22-23)13-6-2-4-8-15(13)24/h2-9,24-25H,10-12H2,1H3,(H,20,26). The minimum Gasteiger partial charge on any atom is -0.507 e. The van der Waals surface area contributed by atoms with Crippen molar-refractivity contribution in [1.82, 2.24) is 20.1 Å². The highest BCUT2D eigenvalue weighted by atomic mass is 16.5. The van der Waals surface area contributed by atoms with E-state index in [2.05, 4.69) is 15.4 Å². The van der Waals surface area contributed by atoms with E-state index in [-0.39, 0.29) is 29.8 Å². The van der Waals surface area contributed by atoms with E-state index in [1.165, 1.54) is 16.8 Å². The molecule has 3 aromatic rings. The smallest absolute Gasteiger partial charge is 0.241 e. The zero-order valence-corrected chi connectivity index (χ0v) is 14.8. The number of hydrogen-bond acceptors (Lipinski definition) is 6. The van der Waals surface area contributed by atoms with Gasteiger partial charge in [-0.05, 0) is 24.3 Å². The van der Waals surface area contributed by atoms with E-state index in [1.807, 2.05) is 0 Å². The molecule has 8 heteroatoms. The van der Waals surface area contributed by atoms with Crippen molar-refractivity contribution in [1.29, 1.82) is 0 Å². The molecule has 0 aliphatic heterocycles. The lowest BCUT2D eigenvalue weighted by Crippen LogP contribution is -2.30. The fourth-order valence-corrected chi connectivity index (χ4v) is 2.58. The Hall–Kier alpha value is -3.39. The number of carbonyl (C=O) groups excluding carboxylic acids is 1. The summed E-state index contributed by atoms with van der Waals surface area (Å²) in [5.74, 6) is 0.375. The van der Waals surface area contributed by atoms with E-state index < -0.39 is 0 Å². The zero-order valence-electron chi connectivity index (χ0n) is 14.8. The first-order valence-corrected chi connectivity index (χ1v) is 8.37. The number of amides is 1. The second kappa shape index (κ2) is 8.33. The van der Waals surface area contributed by atoms with Crippen LogP contribution in [0.1, 0.15) is 0 Å². The third kappa shape index (κ3) is 4.24. The molecule has 2 aromatic carbocycles. The van der Waals surface area contributed by atoms with Gasteiger partial charge in [-0.2, -0.15) is 0 Å². The van der Waals surface area contributed by atoms with Crippen LogP contribution in [0, 0.1) is 0 Å². The third-order valence-electron chi connectivity index (χ3n) is 3.88. The Morgan fingerprint density at radius 1 is 1.07 bits per heavy atom. The van der Waals surface area contributed by atoms with Gasteiger partial charge in [-0.15, -0.1) is 5.10 Å².